The number of rotatable bonds is 3. The molecule has 16 heavy (non-hydrogen) atoms. The summed E-state index contributed by atoms with van der Waals surface area (Å²) in [5, 5.41) is 11.5. The quantitative estimate of drug-likeness (QED) is 0.768. The molecule has 0 aromatic carbocycles. The molecule has 2 unspecified atom stereocenters. The van der Waals surface area contributed by atoms with E-state index in [0.29, 0.717) is 11.8 Å². The maximum absolute atomic E-state index is 11.1. The zero-order valence-electron chi connectivity index (χ0n) is 9.90. The summed E-state index contributed by atoms with van der Waals surface area (Å²) in [6.45, 7) is 4.23. The molecular weight excluding hydrogens is 210 g/mol. The van der Waals surface area contributed by atoms with E-state index >= 15 is 0 Å². The third-order valence-corrected chi connectivity index (χ3v) is 3.52. The molecule has 4 atom stereocenters. The number of carbonyl (C=O) groups excluding carboxylic acids is 1. The molecule has 1 aliphatic rings. The minimum absolute atomic E-state index is 0.00148. The maximum Gasteiger partial charge on any atom is 0.407 e. The van der Waals surface area contributed by atoms with E-state index in [0.717, 1.165) is 12.8 Å². The first-order valence-electron chi connectivity index (χ1n) is 5.53. The molecule has 0 spiro atoms. The predicted molar refractivity (Wildman–Crippen MR) is 58.0 cm³/mol. The molecule has 5 nitrogen and oxygen atoms in total. The number of nitrogens with one attached hydrogen (secondary N) is 1. The maximum atomic E-state index is 11.1. The fraction of sp³-hybridized carbons (Fsp3) is 0.818. The Morgan fingerprint density at radius 1 is 1.31 bits per heavy atom. The zero-order valence-corrected chi connectivity index (χ0v) is 9.90. The second-order valence-electron chi connectivity index (χ2n) is 4.64. The first-order chi connectivity index (χ1) is 7.45. The van der Waals surface area contributed by atoms with Gasteiger partial charge in [0.15, 0.2) is 0 Å². The van der Waals surface area contributed by atoms with Gasteiger partial charge in [0.25, 0.3) is 0 Å². The van der Waals surface area contributed by atoms with E-state index in [1.807, 2.05) is 0 Å². The molecule has 0 aromatic heterocycles. The van der Waals surface area contributed by atoms with Crippen molar-refractivity contribution in [3.05, 3.63) is 0 Å². The highest BCUT2D eigenvalue weighted by atomic mass is 16.5. The highest BCUT2D eigenvalue weighted by Crippen LogP contribution is 2.37. The lowest BCUT2D eigenvalue weighted by Gasteiger charge is -2.20. The van der Waals surface area contributed by atoms with Gasteiger partial charge in [0.1, 0.15) is 6.04 Å². The molecule has 1 rings (SSSR count). The first-order valence-corrected chi connectivity index (χ1v) is 5.53. The van der Waals surface area contributed by atoms with Gasteiger partial charge in [0, 0.05) is 0 Å². The fourth-order valence-electron chi connectivity index (χ4n) is 2.36. The van der Waals surface area contributed by atoms with Crippen molar-refractivity contribution in [1.82, 2.24) is 5.32 Å². The van der Waals surface area contributed by atoms with Gasteiger partial charge in [-0.1, -0.05) is 13.8 Å². The number of carboxylic acid groups (broad SMARTS) is 1. The van der Waals surface area contributed by atoms with E-state index in [9.17, 15) is 9.59 Å². The van der Waals surface area contributed by atoms with Crippen LogP contribution in [0, 0.1) is 17.8 Å². The number of hydrogen-bond acceptors (Lipinski definition) is 3. The monoisotopic (exact) mass is 229 g/mol. The van der Waals surface area contributed by atoms with Crippen LogP contribution in [0.1, 0.15) is 26.7 Å². The van der Waals surface area contributed by atoms with Gasteiger partial charge in [-0.2, -0.15) is 0 Å². The molecule has 0 bridgehead atoms. The summed E-state index contributed by atoms with van der Waals surface area (Å²) in [7, 11) is 1.23. The van der Waals surface area contributed by atoms with Crippen LogP contribution in [0.25, 0.3) is 0 Å². The second-order valence-corrected chi connectivity index (χ2v) is 4.64. The Balaban J connectivity index is 2.64. The summed E-state index contributed by atoms with van der Waals surface area (Å²) in [6.07, 6.45) is 0.990. The van der Waals surface area contributed by atoms with Crippen LogP contribution in [-0.2, 0) is 9.53 Å². The van der Waals surface area contributed by atoms with Gasteiger partial charge < -0.3 is 15.2 Å². The van der Waals surface area contributed by atoms with Gasteiger partial charge in [0.2, 0.25) is 0 Å². The van der Waals surface area contributed by atoms with Crippen molar-refractivity contribution in [3.8, 4) is 0 Å². The highest BCUT2D eigenvalue weighted by Gasteiger charge is 2.37. The number of aliphatic carboxylic acids is 1. The predicted octanol–water partition coefficient (Wildman–Crippen LogP) is 1.48. The topological polar surface area (TPSA) is 75.6 Å². The lowest BCUT2D eigenvalue weighted by molar-refractivity contribution is -0.140. The summed E-state index contributed by atoms with van der Waals surface area (Å²) in [5.41, 5.74) is 0. The average molecular weight is 229 g/mol. The Kier molecular flexibility index (Phi) is 4.15. The van der Waals surface area contributed by atoms with Crippen LogP contribution in [0.15, 0.2) is 0 Å². The Morgan fingerprint density at radius 2 is 1.81 bits per heavy atom. The molecule has 0 saturated heterocycles. The molecule has 1 saturated carbocycles. The average Bonchev–Trinajstić information content (AvgIpc) is 2.54. The minimum Gasteiger partial charge on any atom is -0.480 e. The van der Waals surface area contributed by atoms with Crippen molar-refractivity contribution in [1.29, 1.82) is 0 Å². The van der Waals surface area contributed by atoms with E-state index in [2.05, 4.69) is 23.9 Å². The van der Waals surface area contributed by atoms with Gasteiger partial charge in [-0.25, -0.2) is 9.59 Å². The molecule has 1 aliphatic carbocycles. The smallest absolute Gasteiger partial charge is 0.407 e. The minimum atomic E-state index is -0.989. The lowest BCUT2D eigenvalue weighted by atomic mass is 9.97. The molecule has 0 heterocycles. The van der Waals surface area contributed by atoms with Crippen LogP contribution in [0.4, 0.5) is 4.79 Å². The van der Waals surface area contributed by atoms with Crippen molar-refractivity contribution in [2.24, 2.45) is 17.8 Å². The molecule has 1 amide bonds. The number of hydrogen-bond donors (Lipinski definition) is 2. The van der Waals surface area contributed by atoms with Crippen molar-refractivity contribution in [3.63, 3.8) is 0 Å². The first kappa shape index (κ1) is 12.8. The molecule has 92 valence electrons. The summed E-state index contributed by atoms with van der Waals surface area (Å²) >= 11 is 0. The normalized spacial score (nSPS) is 30.8. The van der Waals surface area contributed by atoms with E-state index < -0.39 is 18.1 Å². The van der Waals surface area contributed by atoms with Crippen LogP contribution in [0.5, 0.6) is 0 Å². The molecule has 5 heteroatoms. The standard InChI is InChI=1S/C11H19NO4/c1-6-4-8(5-7(6)2)9(10(13)14)12-11(15)16-3/h6-9H,4-5H2,1-3H3,(H,12,15)(H,13,14)/t6-,7+,8?,9?. The SMILES string of the molecule is COC(=O)NC(C(=O)O)C1C[C@@H](C)[C@@H](C)C1. The van der Waals surface area contributed by atoms with Crippen LogP contribution >= 0.6 is 0 Å². The van der Waals surface area contributed by atoms with Crippen LogP contribution < -0.4 is 5.32 Å². The third-order valence-electron chi connectivity index (χ3n) is 3.52. The fourth-order valence-corrected chi connectivity index (χ4v) is 2.36. The van der Waals surface area contributed by atoms with Gasteiger partial charge >= 0.3 is 12.1 Å². The van der Waals surface area contributed by atoms with Gasteiger partial charge in [-0.15, -0.1) is 0 Å². The summed E-state index contributed by atoms with van der Waals surface area (Å²) < 4.78 is 4.43. The molecule has 0 aliphatic heterocycles. The Morgan fingerprint density at radius 3 is 2.19 bits per heavy atom. The largest absolute Gasteiger partial charge is 0.480 e. The molecular formula is C11H19NO4. The van der Waals surface area contributed by atoms with Gasteiger partial charge in [0.05, 0.1) is 7.11 Å². The molecule has 1 fully saturated rings. The summed E-state index contributed by atoms with van der Waals surface area (Å²) in [5.74, 6) is 0.0240. The highest BCUT2D eigenvalue weighted by molar-refractivity contribution is 5.80. The van der Waals surface area contributed by atoms with E-state index in [4.69, 9.17) is 5.11 Å². The van der Waals surface area contributed by atoms with Crippen LogP contribution in [0.2, 0.25) is 0 Å². The third kappa shape index (κ3) is 2.87. The number of ether oxygens (including phenoxy) is 1. The molecule has 2 N–H and O–H groups in total. The van der Waals surface area contributed by atoms with Gasteiger partial charge in [-0.3, -0.25) is 0 Å². The number of methoxy groups -OCH3 is 1. The Bertz CT molecular complexity index is 269. The van der Waals surface area contributed by atoms with E-state index in [-0.39, 0.29) is 5.92 Å². The van der Waals surface area contributed by atoms with Crippen molar-refractivity contribution in [2.75, 3.05) is 7.11 Å². The van der Waals surface area contributed by atoms with E-state index in [1.54, 1.807) is 0 Å². The van der Waals surface area contributed by atoms with Crippen molar-refractivity contribution in [2.45, 2.75) is 32.7 Å². The summed E-state index contributed by atoms with van der Waals surface area (Å²) in [4.78, 5) is 22.1. The second kappa shape index (κ2) is 5.18. The van der Waals surface area contributed by atoms with E-state index in [1.165, 1.54) is 7.11 Å². The molecule has 0 aromatic rings. The van der Waals surface area contributed by atoms with Crippen LogP contribution in [0.3, 0.4) is 0 Å². The van der Waals surface area contributed by atoms with Crippen LogP contribution in [-0.4, -0.2) is 30.3 Å². The number of alkyl carbamates (subject to hydrolysis) is 1. The Hall–Kier alpha value is -1.26. The lowest BCUT2D eigenvalue weighted by Crippen LogP contribution is -2.45. The van der Waals surface area contributed by atoms with Crippen molar-refractivity contribution >= 4 is 12.1 Å². The number of amides is 1. The van der Waals surface area contributed by atoms with Crippen molar-refractivity contribution < 1.29 is 19.4 Å². The Labute approximate surface area is 95.2 Å². The zero-order chi connectivity index (χ0) is 12.3. The molecule has 0 radical (unpaired) electrons. The van der Waals surface area contributed by atoms with Gasteiger partial charge in [-0.05, 0) is 30.6 Å². The summed E-state index contributed by atoms with van der Waals surface area (Å²) in [6, 6.07) is -0.833. The number of carboxylic acids is 1. The number of carbonyl (C=O) groups is 2.